The molecule has 0 spiro atoms. The Hall–Kier alpha value is -3.97. The van der Waals surface area contributed by atoms with Gasteiger partial charge in [-0.2, -0.15) is 0 Å². The molecule has 170 valence electrons. The molecule has 0 aliphatic heterocycles. The fourth-order valence-electron chi connectivity index (χ4n) is 3.69. The number of aliphatic hydroxyl groups excluding tert-OH is 1. The number of aliphatic hydroxyl groups is 1. The average molecular weight is 447 g/mol. The lowest BCUT2D eigenvalue weighted by Crippen LogP contribution is -2.48. The van der Waals surface area contributed by atoms with Gasteiger partial charge >= 0.3 is 11.9 Å². The second-order valence-electron chi connectivity index (χ2n) is 7.81. The van der Waals surface area contributed by atoms with Crippen LogP contribution < -0.4 is 5.32 Å². The summed E-state index contributed by atoms with van der Waals surface area (Å²) in [5.41, 5.74) is 3.94. The molecule has 33 heavy (non-hydrogen) atoms. The van der Waals surface area contributed by atoms with E-state index >= 15 is 0 Å². The normalized spacial score (nSPS) is 12.5. The first-order valence-electron chi connectivity index (χ1n) is 10.4. The summed E-state index contributed by atoms with van der Waals surface area (Å²) in [6.45, 7) is 1.86. The maximum Gasteiger partial charge on any atom is 0.334 e. The Kier molecular flexibility index (Phi) is 7.58. The maximum atomic E-state index is 13.0. The molecule has 4 N–H and O–H groups in total. The van der Waals surface area contributed by atoms with Gasteiger partial charge in [-0.05, 0) is 53.3 Å². The highest BCUT2D eigenvalue weighted by Crippen LogP contribution is 2.28. The number of aliphatic carboxylic acids is 2. The zero-order valence-corrected chi connectivity index (χ0v) is 18.1. The highest BCUT2D eigenvalue weighted by Gasteiger charge is 2.28. The van der Waals surface area contributed by atoms with Crippen LogP contribution in [-0.4, -0.2) is 45.3 Å². The van der Waals surface area contributed by atoms with Crippen LogP contribution in [0.5, 0.6) is 0 Å². The number of carboxylic acids is 2. The van der Waals surface area contributed by atoms with Gasteiger partial charge in [-0.25, -0.2) is 4.79 Å². The molecule has 0 fully saturated rings. The standard InChI is InChI=1S/C26H25NO6/c1-16-11-12-19(14-21(16)20-10-6-5-9-18(20)15-23(28)29)25(31)27-22(24(30)26(32)33)13-17-7-3-2-4-8-17/h2-12,14,22,24,30H,13,15H2,1H3,(H,27,31)(H,28,29)(H,32,33)/t22-,24-/m1/s1. The summed E-state index contributed by atoms with van der Waals surface area (Å²) in [6.07, 6.45) is -1.80. The van der Waals surface area contributed by atoms with E-state index in [0.29, 0.717) is 16.7 Å². The van der Waals surface area contributed by atoms with Crippen molar-refractivity contribution in [3.8, 4) is 11.1 Å². The Morgan fingerprint density at radius 3 is 2.21 bits per heavy atom. The van der Waals surface area contributed by atoms with Gasteiger partial charge in [0.25, 0.3) is 5.91 Å². The number of hydrogen-bond donors (Lipinski definition) is 4. The maximum absolute atomic E-state index is 13.0. The van der Waals surface area contributed by atoms with Crippen molar-refractivity contribution in [1.29, 1.82) is 0 Å². The van der Waals surface area contributed by atoms with Crippen LogP contribution in [0.1, 0.15) is 27.0 Å². The van der Waals surface area contributed by atoms with Gasteiger partial charge in [0, 0.05) is 5.56 Å². The van der Waals surface area contributed by atoms with E-state index in [4.69, 9.17) is 0 Å². The summed E-state index contributed by atoms with van der Waals surface area (Å²) in [4.78, 5) is 35.7. The monoisotopic (exact) mass is 447 g/mol. The van der Waals surface area contributed by atoms with Crippen LogP contribution >= 0.6 is 0 Å². The Labute approximate surface area is 191 Å². The lowest BCUT2D eigenvalue weighted by molar-refractivity contribution is -0.148. The Balaban J connectivity index is 1.91. The smallest absolute Gasteiger partial charge is 0.334 e. The third-order valence-electron chi connectivity index (χ3n) is 5.40. The van der Waals surface area contributed by atoms with Gasteiger partial charge in [0.05, 0.1) is 12.5 Å². The fourth-order valence-corrected chi connectivity index (χ4v) is 3.69. The predicted molar refractivity (Wildman–Crippen MR) is 123 cm³/mol. The van der Waals surface area contributed by atoms with Crippen LogP contribution in [0.25, 0.3) is 11.1 Å². The number of rotatable bonds is 9. The summed E-state index contributed by atoms with van der Waals surface area (Å²) in [7, 11) is 0. The number of benzene rings is 3. The molecule has 0 saturated carbocycles. The first kappa shape index (κ1) is 23.7. The number of hydrogen-bond acceptors (Lipinski definition) is 4. The first-order valence-corrected chi connectivity index (χ1v) is 10.4. The number of aryl methyl sites for hydroxylation is 1. The predicted octanol–water partition coefficient (Wildman–Crippen LogP) is 3.08. The summed E-state index contributed by atoms with van der Waals surface area (Å²) >= 11 is 0. The van der Waals surface area contributed by atoms with Crippen LogP contribution in [0, 0.1) is 6.92 Å². The summed E-state index contributed by atoms with van der Waals surface area (Å²) < 4.78 is 0. The van der Waals surface area contributed by atoms with Gasteiger partial charge in [-0.1, -0.05) is 60.7 Å². The summed E-state index contributed by atoms with van der Waals surface area (Å²) in [6, 6.07) is 20.0. The molecule has 2 atom stereocenters. The molecule has 0 bridgehead atoms. The van der Waals surface area contributed by atoms with E-state index in [1.807, 2.05) is 13.0 Å². The molecule has 0 aliphatic carbocycles. The SMILES string of the molecule is Cc1ccc(C(=O)N[C@H](Cc2ccccc2)[C@@H](O)C(=O)O)cc1-c1ccccc1CC(=O)O. The number of amides is 1. The van der Waals surface area contributed by atoms with Crippen molar-refractivity contribution in [2.75, 3.05) is 0 Å². The second-order valence-corrected chi connectivity index (χ2v) is 7.81. The van der Waals surface area contributed by atoms with Crippen molar-refractivity contribution in [2.24, 2.45) is 0 Å². The topological polar surface area (TPSA) is 124 Å². The third-order valence-corrected chi connectivity index (χ3v) is 5.40. The van der Waals surface area contributed by atoms with E-state index in [9.17, 15) is 29.7 Å². The highest BCUT2D eigenvalue weighted by atomic mass is 16.4. The van der Waals surface area contributed by atoms with E-state index < -0.39 is 30.0 Å². The molecule has 0 radical (unpaired) electrons. The van der Waals surface area contributed by atoms with Crippen LogP contribution in [0.15, 0.2) is 72.8 Å². The van der Waals surface area contributed by atoms with Crippen LogP contribution in [0.4, 0.5) is 0 Å². The van der Waals surface area contributed by atoms with E-state index in [1.54, 1.807) is 66.7 Å². The van der Waals surface area contributed by atoms with Gasteiger partial charge < -0.3 is 20.6 Å². The molecule has 3 aromatic rings. The molecule has 3 rings (SSSR count). The Morgan fingerprint density at radius 2 is 1.55 bits per heavy atom. The molecule has 7 nitrogen and oxygen atoms in total. The van der Waals surface area contributed by atoms with Crippen molar-refractivity contribution in [3.63, 3.8) is 0 Å². The molecule has 0 unspecified atom stereocenters. The molecule has 0 aliphatic rings. The number of carbonyl (C=O) groups excluding carboxylic acids is 1. The molecule has 0 heterocycles. The summed E-state index contributed by atoms with van der Waals surface area (Å²) in [5.74, 6) is -2.92. The average Bonchev–Trinajstić information content (AvgIpc) is 2.79. The van der Waals surface area contributed by atoms with Crippen molar-refractivity contribution < 1.29 is 29.7 Å². The number of carbonyl (C=O) groups is 3. The highest BCUT2D eigenvalue weighted by molar-refractivity contribution is 5.96. The minimum Gasteiger partial charge on any atom is -0.481 e. The molecule has 3 aromatic carbocycles. The van der Waals surface area contributed by atoms with Crippen molar-refractivity contribution in [3.05, 3.63) is 95.1 Å². The zero-order chi connectivity index (χ0) is 24.0. The number of nitrogens with one attached hydrogen (secondary N) is 1. The van der Waals surface area contributed by atoms with Crippen LogP contribution in [0.2, 0.25) is 0 Å². The minimum atomic E-state index is -1.78. The Bertz CT molecular complexity index is 1160. The van der Waals surface area contributed by atoms with Gasteiger partial charge in [0.2, 0.25) is 0 Å². The first-order chi connectivity index (χ1) is 15.8. The van der Waals surface area contributed by atoms with E-state index in [0.717, 1.165) is 11.1 Å². The van der Waals surface area contributed by atoms with Crippen molar-refractivity contribution in [2.45, 2.75) is 31.9 Å². The van der Waals surface area contributed by atoms with E-state index in [1.165, 1.54) is 0 Å². The van der Waals surface area contributed by atoms with Crippen molar-refractivity contribution >= 4 is 17.8 Å². The third kappa shape index (κ3) is 6.05. The molecule has 0 saturated heterocycles. The lowest BCUT2D eigenvalue weighted by Gasteiger charge is -2.22. The summed E-state index contributed by atoms with van der Waals surface area (Å²) in [5, 5.41) is 31.3. The Morgan fingerprint density at radius 1 is 0.879 bits per heavy atom. The van der Waals surface area contributed by atoms with Crippen LogP contribution in [-0.2, 0) is 22.4 Å². The lowest BCUT2D eigenvalue weighted by atomic mass is 9.92. The van der Waals surface area contributed by atoms with Crippen molar-refractivity contribution in [1.82, 2.24) is 5.32 Å². The zero-order valence-electron chi connectivity index (χ0n) is 18.1. The van der Waals surface area contributed by atoms with Gasteiger partial charge in [-0.3, -0.25) is 9.59 Å². The molecule has 0 aromatic heterocycles. The van der Waals surface area contributed by atoms with Gasteiger partial charge in [0.1, 0.15) is 0 Å². The molecule has 7 heteroatoms. The van der Waals surface area contributed by atoms with E-state index in [-0.39, 0.29) is 18.4 Å². The fraction of sp³-hybridized carbons (Fsp3) is 0.192. The van der Waals surface area contributed by atoms with Crippen LogP contribution in [0.3, 0.4) is 0 Å². The molecule has 1 amide bonds. The second kappa shape index (κ2) is 10.6. The van der Waals surface area contributed by atoms with E-state index in [2.05, 4.69) is 5.32 Å². The minimum absolute atomic E-state index is 0.139. The molecular formula is C26H25NO6. The quantitative estimate of drug-likeness (QED) is 0.400. The number of carboxylic acid groups (broad SMARTS) is 2. The largest absolute Gasteiger partial charge is 0.481 e. The van der Waals surface area contributed by atoms with Gasteiger partial charge in [-0.15, -0.1) is 0 Å². The van der Waals surface area contributed by atoms with Gasteiger partial charge in [0.15, 0.2) is 6.10 Å². The molecular weight excluding hydrogens is 422 g/mol.